The Balaban J connectivity index is 2.26. The quantitative estimate of drug-likeness (QED) is 0.742. The van der Waals surface area contributed by atoms with Gasteiger partial charge in [-0.15, -0.1) is 11.6 Å². The van der Waals surface area contributed by atoms with Crippen LogP contribution in [0.1, 0.15) is 25.7 Å². The van der Waals surface area contributed by atoms with E-state index < -0.39 is 21.2 Å². The second-order valence-corrected chi connectivity index (χ2v) is 6.72. The second-order valence-electron chi connectivity index (χ2n) is 4.08. The van der Waals surface area contributed by atoms with Gasteiger partial charge in [-0.1, -0.05) is 31.0 Å². The van der Waals surface area contributed by atoms with Crippen LogP contribution in [0.4, 0.5) is 4.39 Å². The van der Waals surface area contributed by atoms with Crippen LogP contribution in [0.2, 0.25) is 0 Å². The summed E-state index contributed by atoms with van der Waals surface area (Å²) >= 11 is 6.24. The van der Waals surface area contributed by atoms with Gasteiger partial charge in [-0.05, 0) is 25.0 Å². The Morgan fingerprint density at radius 3 is 2.62 bits per heavy atom. The summed E-state index contributed by atoms with van der Waals surface area (Å²) in [5, 5.41) is 0. The molecule has 16 heavy (non-hydrogen) atoms. The monoisotopic (exact) mass is 260 g/mol. The van der Waals surface area contributed by atoms with E-state index in [0.29, 0.717) is 17.7 Å². The van der Waals surface area contributed by atoms with Crippen LogP contribution in [0.15, 0.2) is 35.2 Å². The zero-order valence-electron chi connectivity index (χ0n) is 8.86. The van der Waals surface area contributed by atoms with Crippen molar-refractivity contribution in [2.45, 2.75) is 41.0 Å². The normalized spacial score (nSPS) is 32.2. The van der Waals surface area contributed by atoms with Gasteiger partial charge in [0.25, 0.3) is 0 Å². The minimum atomic E-state index is -1.48. The van der Waals surface area contributed by atoms with Crippen LogP contribution in [0, 0.1) is 0 Å². The molecule has 1 aromatic carbocycles. The summed E-state index contributed by atoms with van der Waals surface area (Å²) in [6.07, 6.45) is 1.41. The fourth-order valence-corrected chi connectivity index (χ4v) is 4.00. The molecule has 0 saturated heterocycles. The lowest BCUT2D eigenvalue weighted by atomic mass is 9.98. The molecule has 0 N–H and O–H groups in total. The van der Waals surface area contributed by atoms with Crippen LogP contribution in [-0.2, 0) is 10.8 Å². The van der Waals surface area contributed by atoms with Gasteiger partial charge in [-0.3, -0.25) is 4.21 Å². The maximum atomic E-state index is 13.8. The van der Waals surface area contributed by atoms with Gasteiger partial charge in [0.1, 0.15) is 6.17 Å². The van der Waals surface area contributed by atoms with Crippen LogP contribution >= 0.6 is 11.6 Å². The van der Waals surface area contributed by atoms with E-state index in [9.17, 15) is 8.60 Å². The van der Waals surface area contributed by atoms with Gasteiger partial charge in [0.2, 0.25) is 0 Å². The lowest BCUT2D eigenvalue weighted by Gasteiger charge is -2.33. The first-order valence-electron chi connectivity index (χ1n) is 5.44. The summed E-state index contributed by atoms with van der Waals surface area (Å²) in [7, 11) is -1.48. The van der Waals surface area contributed by atoms with Crippen molar-refractivity contribution in [1.82, 2.24) is 0 Å². The Morgan fingerprint density at radius 1 is 1.31 bits per heavy atom. The minimum absolute atomic E-state index is 0.419. The Labute approximate surface area is 102 Å². The van der Waals surface area contributed by atoms with Gasteiger partial charge in [0, 0.05) is 4.90 Å². The maximum absolute atomic E-state index is 13.8. The minimum Gasteiger partial charge on any atom is -0.252 e. The van der Waals surface area contributed by atoms with Gasteiger partial charge in [0.15, 0.2) is 4.21 Å². The topological polar surface area (TPSA) is 17.1 Å². The Morgan fingerprint density at radius 2 is 2.00 bits per heavy atom. The number of halogens is 2. The predicted octanol–water partition coefficient (Wildman–Crippen LogP) is 3.64. The molecule has 0 heterocycles. The van der Waals surface area contributed by atoms with Crippen LogP contribution in [0.25, 0.3) is 0 Å². The summed E-state index contributed by atoms with van der Waals surface area (Å²) in [4.78, 5) is 0.613. The van der Waals surface area contributed by atoms with E-state index in [-0.39, 0.29) is 0 Å². The van der Waals surface area contributed by atoms with Crippen molar-refractivity contribution in [3.8, 4) is 0 Å². The molecule has 2 rings (SSSR count). The van der Waals surface area contributed by atoms with Gasteiger partial charge in [0.05, 0.1) is 10.8 Å². The number of alkyl halides is 2. The lowest BCUT2D eigenvalue weighted by Crippen LogP contribution is -2.41. The molecule has 0 bridgehead atoms. The molecule has 88 valence electrons. The Hall–Kier alpha value is -0.410. The molecule has 0 aromatic heterocycles. The van der Waals surface area contributed by atoms with Crippen LogP contribution in [0.5, 0.6) is 0 Å². The van der Waals surface area contributed by atoms with E-state index in [4.69, 9.17) is 11.6 Å². The zero-order chi connectivity index (χ0) is 11.6. The third kappa shape index (κ3) is 2.16. The summed E-state index contributed by atoms with van der Waals surface area (Å²) in [6.45, 7) is 0. The van der Waals surface area contributed by atoms with E-state index in [1.54, 1.807) is 24.3 Å². The molecule has 3 atom stereocenters. The molecule has 1 fully saturated rings. The Kier molecular flexibility index (Phi) is 3.65. The van der Waals surface area contributed by atoms with E-state index in [0.717, 1.165) is 12.8 Å². The number of hydrogen-bond donors (Lipinski definition) is 0. The highest BCUT2D eigenvalue weighted by Gasteiger charge is 2.45. The van der Waals surface area contributed by atoms with Crippen molar-refractivity contribution in [1.29, 1.82) is 0 Å². The number of benzene rings is 1. The highest BCUT2D eigenvalue weighted by Crippen LogP contribution is 2.41. The predicted molar refractivity (Wildman–Crippen MR) is 64.8 cm³/mol. The third-order valence-corrected chi connectivity index (χ3v) is 5.58. The van der Waals surface area contributed by atoms with E-state index in [1.165, 1.54) is 0 Å². The van der Waals surface area contributed by atoms with Crippen molar-refractivity contribution in [3.63, 3.8) is 0 Å². The van der Waals surface area contributed by atoms with Crippen molar-refractivity contribution < 1.29 is 8.60 Å². The highest BCUT2D eigenvalue weighted by molar-refractivity contribution is 7.88. The molecule has 1 saturated carbocycles. The Bertz CT molecular complexity index is 384. The van der Waals surface area contributed by atoms with E-state index in [2.05, 4.69) is 0 Å². The second kappa shape index (κ2) is 4.84. The van der Waals surface area contributed by atoms with Crippen molar-refractivity contribution >= 4 is 22.4 Å². The van der Waals surface area contributed by atoms with Crippen LogP contribution in [0.3, 0.4) is 0 Å². The average molecular weight is 261 g/mol. The third-order valence-electron chi connectivity index (χ3n) is 2.96. The van der Waals surface area contributed by atoms with Gasteiger partial charge in [-0.2, -0.15) is 0 Å². The molecule has 4 heteroatoms. The van der Waals surface area contributed by atoms with Crippen LogP contribution in [-0.4, -0.2) is 14.6 Å². The first kappa shape index (κ1) is 12.1. The van der Waals surface area contributed by atoms with Gasteiger partial charge in [-0.25, -0.2) is 4.39 Å². The molecular formula is C12H14ClFOS. The van der Waals surface area contributed by atoms with Crippen molar-refractivity contribution in [2.75, 3.05) is 0 Å². The van der Waals surface area contributed by atoms with Crippen molar-refractivity contribution in [3.05, 3.63) is 30.3 Å². The standard InChI is InChI=1S/C12H14ClFOS/c13-12(9-5-4-8-11(12)14)16(15)10-6-2-1-3-7-10/h1-3,6-7,11H,4-5,8-9H2. The maximum Gasteiger partial charge on any atom is 0.155 e. The van der Waals surface area contributed by atoms with Crippen LogP contribution < -0.4 is 0 Å². The molecule has 0 radical (unpaired) electrons. The molecule has 0 spiro atoms. The number of rotatable bonds is 2. The number of hydrogen-bond acceptors (Lipinski definition) is 1. The first-order chi connectivity index (χ1) is 7.64. The summed E-state index contributed by atoms with van der Waals surface area (Å²) in [5.74, 6) is 0. The lowest BCUT2D eigenvalue weighted by molar-refractivity contribution is 0.236. The van der Waals surface area contributed by atoms with E-state index in [1.807, 2.05) is 6.07 Å². The molecule has 1 aliphatic carbocycles. The molecule has 1 nitrogen and oxygen atoms in total. The highest BCUT2D eigenvalue weighted by atomic mass is 35.5. The first-order valence-corrected chi connectivity index (χ1v) is 6.97. The van der Waals surface area contributed by atoms with Gasteiger partial charge < -0.3 is 0 Å². The molecule has 0 amide bonds. The zero-order valence-corrected chi connectivity index (χ0v) is 10.4. The fourth-order valence-electron chi connectivity index (χ4n) is 2.01. The molecular weight excluding hydrogens is 247 g/mol. The molecule has 1 aromatic rings. The molecule has 3 unspecified atom stereocenters. The average Bonchev–Trinajstić information content (AvgIpc) is 2.33. The molecule has 0 aliphatic heterocycles. The van der Waals surface area contributed by atoms with Crippen molar-refractivity contribution in [2.24, 2.45) is 0 Å². The van der Waals surface area contributed by atoms with Gasteiger partial charge >= 0.3 is 0 Å². The van der Waals surface area contributed by atoms with E-state index >= 15 is 0 Å². The smallest absolute Gasteiger partial charge is 0.155 e. The summed E-state index contributed by atoms with van der Waals surface area (Å²) < 4.78 is 24.9. The summed E-state index contributed by atoms with van der Waals surface area (Å²) in [6, 6.07) is 8.91. The SMILES string of the molecule is O=S(c1ccccc1)C1(Cl)CCCCC1F. The summed E-state index contributed by atoms with van der Waals surface area (Å²) in [5.41, 5.74) is 0. The molecule has 1 aliphatic rings. The largest absolute Gasteiger partial charge is 0.252 e. The fraction of sp³-hybridized carbons (Fsp3) is 0.500.